The highest BCUT2D eigenvalue weighted by molar-refractivity contribution is 5.85. The second-order valence-electron chi connectivity index (χ2n) is 14.7. The van der Waals surface area contributed by atoms with E-state index in [2.05, 4.69) is 30.2 Å². The summed E-state index contributed by atoms with van der Waals surface area (Å²) in [6.07, 6.45) is 11.7. The van der Waals surface area contributed by atoms with Crippen LogP contribution in [0.5, 0.6) is 12.0 Å². The summed E-state index contributed by atoms with van der Waals surface area (Å²) >= 11 is 0. The van der Waals surface area contributed by atoms with Crippen molar-refractivity contribution < 1.29 is 32.4 Å². The smallest absolute Gasteiger partial charge is 0.337 e. The van der Waals surface area contributed by atoms with E-state index < -0.39 is 28.0 Å². The van der Waals surface area contributed by atoms with E-state index >= 15 is 0 Å². The van der Waals surface area contributed by atoms with Gasteiger partial charge in [0.05, 0.1) is 24.6 Å². The van der Waals surface area contributed by atoms with Gasteiger partial charge in [0.1, 0.15) is 16.4 Å². The molecule has 2 N–H and O–H groups in total. The maximum atomic E-state index is 13.9. The van der Waals surface area contributed by atoms with Gasteiger partial charge in [-0.25, -0.2) is 14.0 Å². The van der Waals surface area contributed by atoms with Crippen LogP contribution in [0.15, 0.2) is 50.5 Å². The topological polar surface area (TPSA) is 214 Å². The van der Waals surface area contributed by atoms with Crippen molar-refractivity contribution in [1.82, 2.24) is 19.9 Å². The van der Waals surface area contributed by atoms with E-state index in [9.17, 15) is 23.6 Å². The zero-order valence-electron chi connectivity index (χ0n) is 31.9. The third-order valence-electron chi connectivity index (χ3n) is 9.90. The van der Waals surface area contributed by atoms with Crippen molar-refractivity contribution in [3.05, 3.63) is 64.8 Å². The first kappa shape index (κ1) is 40.6. The fourth-order valence-electron chi connectivity index (χ4n) is 6.57. The summed E-state index contributed by atoms with van der Waals surface area (Å²) in [5, 5.41) is 8.51. The number of rotatable bonds is 15. The molecule has 0 spiro atoms. The lowest BCUT2D eigenvalue weighted by molar-refractivity contribution is 0.132. The molecule has 7 rings (SSSR count). The zero-order valence-corrected chi connectivity index (χ0v) is 31.9. The van der Waals surface area contributed by atoms with Crippen LogP contribution < -0.4 is 32.0 Å². The number of aromatic amines is 2. The minimum Gasteiger partial charge on any atom is -0.403 e. The van der Waals surface area contributed by atoms with Gasteiger partial charge < -0.3 is 28.0 Å². The molecular formula is C39H49FN6O10. The quantitative estimate of drug-likeness (QED) is 0.108. The van der Waals surface area contributed by atoms with Crippen LogP contribution in [0, 0.1) is 5.92 Å². The van der Waals surface area contributed by atoms with Crippen molar-refractivity contribution in [1.29, 1.82) is 0 Å². The Labute approximate surface area is 320 Å². The number of hydrogen-bond acceptors (Lipinski definition) is 14. The molecule has 3 fully saturated rings. The molecule has 16 nitrogen and oxygen atoms in total. The SMILES string of the molecule is CC1(F)CCC(=NOc2nc3oc(=O)cc(CCCCC4CC4)c3c(=O)[nH]2)CC1.CCCOCCCc1cc(=O)oc2nc(ON=C3CCOCC3)[nH]c(=O)c12. The second-order valence-corrected chi connectivity index (χ2v) is 14.7. The van der Waals surface area contributed by atoms with E-state index in [-0.39, 0.29) is 34.2 Å². The van der Waals surface area contributed by atoms with Crippen LogP contribution in [0.4, 0.5) is 4.39 Å². The molecule has 2 saturated carbocycles. The number of nitrogens with zero attached hydrogens (tertiary/aromatic N) is 4. The highest BCUT2D eigenvalue weighted by Gasteiger charge is 2.29. The Hall–Kier alpha value is -5.03. The predicted octanol–water partition coefficient (Wildman–Crippen LogP) is 5.82. The lowest BCUT2D eigenvalue weighted by Crippen LogP contribution is -2.26. The van der Waals surface area contributed by atoms with Gasteiger partial charge in [-0.3, -0.25) is 19.6 Å². The van der Waals surface area contributed by atoms with Gasteiger partial charge in [-0.05, 0) is 81.8 Å². The molecule has 0 unspecified atom stereocenters. The Morgan fingerprint density at radius 1 is 0.786 bits per heavy atom. The van der Waals surface area contributed by atoms with Crippen LogP contribution in [0.3, 0.4) is 0 Å². The maximum absolute atomic E-state index is 13.9. The maximum Gasteiger partial charge on any atom is 0.337 e. The normalized spacial score (nSPS) is 18.4. The van der Waals surface area contributed by atoms with Gasteiger partial charge in [0.25, 0.3) is 11.1 Å². The molecule has 5 heterocycles. The molecule has 56 heavy (non-hydrogen) atoms. The molecule has 2 aliphatic carbocycles. The summed E-state index contributed by atoms with van der Waals surface area (Å²) in [7, 11) is 0. The average Bonchev–Trinajstić information content (AvgIpc) is 4.00. The van der Waals surface area contributed by atoms with E-state index in [1.807, 2.05) is 6.92 Å². The summed E-state index contributed by atoms with van der Waals surface area (Å²) in [6, 6.07) is 2.44. The van der Waals surface area contributed by atoms with Crippen LogP contribution in [0.25, 0.3) is 22.2 Å². The number of hydrogen-bond donors (Lipinski definition) is 2. The predicted molar refractivity (Wildman–Crippen MR) is 206 cm³/mol. The lowest BCUT2D eigenvalue weighted by Gasteiger charge is -2.25. The highest BCUT2D eigenvalue weighted by atomic mass is 19.1. The van der Waals surface area contributed by atoms with Crippen molar-refractivity contribution in [2.75, 3.05) is 26.4 Å². The molecule has 0 aromatic carbocycles. The fourth-order valence-corrected chi connectivity index (χ4v) is 6.57. The Bertz CT molecular complexity index is 2250. The van der Waals surface area contributed by atoms with Crippen molar-refractivity contribution in [2.24, 2.45) is 16.2 Å². The molecule has 0 amide bonds. The van der Waals surface area contributed by atoms with Crippen LogP contribution in [-0.4, -0.2) is 63.5 Å². The molecule has 4 aromatic rings. The molecule has 0 atom stereocenters. The molecule has 302 valence electrons. The molecule has 0 radical (unpaired) electrons. The average molecular weight is 781 g/mol. The molecule has 4 aromatic heterocycles. The second kappa shape index (κ2) is 19.2. The summed E-state index contributed by atoms with van der Waals surface area (Å²) in [6.45, 7) is 6.04. The van der Waals surface area contributed by atoms with Gasteiger partial charge in [0.2, 0.25) is 11.4 Å². The number of aryl methyl sites for hydroxylation is 2. The van der Waals surface area contributed by atoms with Gasteiger partial charge in [0.15, 0.2) is 0 Å². The lowest BCUT2D eigenvalue weighted by atomic mass is 9.87. The number of fused-ring (bicyclic) bond motifs is 2. The minimum absolute atomic E-state index is 0.0476. The third-order valence-corrected chi connectivity index (χ3v) is 9.90. The van der Waals surface area contributed by atoms with Gasteiger partial charge in [0, 0.05) is 38.2 Å². The van der Waals surface area contributed by atoms with Crippen molar-refractivity contribution >= 4 is 33.6 Å². The first-order chi connectivity index (χ1) is 27.1. The van der Waals surface area contributed by atoms with Crippen LogP contribution in [-0.2, 0) is 22.3 Å². The zero-order chi connectivity index (χ0) is 39.5. The Balaban J connectivity index is 0.000000190. The first-order valence-electron chi connectivity index (χ1n) is 19.5. The summed E-state index contributed by atoms with van der Waals surface area (Å²) in [5.41, 5.74) is -0.475. The molecular weight excluding hydrogens is 731 g/mol. The van der Waals surface area contributed by atoms with Gasteiger partial charge in [-0.1, -0.05) is 42.9 Å². The Morgan fingerprint density at radius 2 is 1.32 bits per heavy atom. The molecule has 17 heteroatoms. The van der Waals surface area contributed by atoms with Crippen molar-refractivity contribution in [3.63, 3.8) is 0 Å². The van der Waals surface area contributed by atoms with Gasteiger partial charge in [-0.2, -0.15) is 9.97 Å². The van der Waals surface area contributed by atoms with Gasteiger partial charge in [-0.15, -0.1) is 0 Å². The number of alkyl halides is 1. The highest BCUT2D eigenvalue weighted by Crippen LogP contribution is 2.34. The van der Waals surface area contributed by atoms with Crippen LogP contribution in [0.1, 0.15) is 108 Å². The van der Waals surface area contributed by atoms with E-state index in [4.69, 9.17) is 28.0 Å². The Kier molecular flexibility index (Phi) is 13.9. The summed E-state index contributed by atoms with van der Waals surface area (Å²) in [5.74, 6) is 0.863. The fraction of sp³-hybridized carbons (Fsp3) is 0.590. The van der Waals surface area contributed by atoms with Gasteiger partial charge >= 0.3 is 23.3 Å². The molecule has 1 saturated heterocycles. The monoisotopic (exact) mass is 780 g/mol. The van der Waals surface area contributed by atoms with E-state index in [0.717, 1.165) is 30.9 Å². The number of nitrogens with one attached hydrogen (secondary N) is 2. The summed E-state index contributed by atoms with van der Waals surface area (Å²) < 4.78 is 34.8. The minimum atomic E-state index is -1.17. The van der Waals surface area contributed by atoms with E-state index in [0.29, 0.717) is 101 Å². The first-order valence-corrected chi connectivity index (χ1v) is 19.5. The molecule has 0 bridgehead atoms. The van der Waals surface area contributed by atoms with Crippen molar-refractivity contribution in [2.45, 2.75) is 116 Å². The van der Waals surface area contributed by atoms with Crippen molar-refractivity contribution in [3.8, 4) is 12.0 Å². The van der Waals surface area contributed by atoms with Crippen LogP contribution >= 0.6 is 0 Å². The molecule has 1 aliphatic heterocycles. The third kappa shape index (κ3) is 11.7. The number of halogens is 1. The largest absolute Gasteiger partial charge is 0.403 e. The number of aromatic nitrogens is 4. The summed E-state index contributed by atoms with van der Waals surface area (Å²) in [4.78, 5) is 72.6. The van der Waals surface area contributed by atoms with E-state index in [1.165, 1.54) is 31.4 Å². The number of H-pyrrole nitrogens is 2. The number of oxime groups is 2. The standard InChI is InChI=1S/C21H26FN3O4.C18H23N3O6/c1-21(22)10-8-15(9-11-21)25-29-20-23-18(27)17-14(5-3-2-4-13-6-7-13)12-16(26)28-19(17)24-20;1-2-7-24-8-3-4-12-11-14(22)26-17-15(12)16(23)19-18(20-17)27-21-13-5-9-25-10-6-13/h12-13H,2-11H2,1H3,(H,23,24,27);11H,2-10H2,1H3,(H,19,20,23). The Morgan fingerprint density at radius 3 is 1.86 bits per heavy atom. The van der Waals surface area contributed by atoms with E-state index in [1.54, 1.807) is 6.92 Å². The number of unbranched alkanes of at least 4 members (excludes halogenated alkanes) is 1. The van der Waals surface area contributed by atoms with Crippen LogP contribution in [0.2, 0.25) is 0 Å². The molecule has 3 aliphatic rings. The number of ether oxygens (including phenoxy) is 2.